The summed E-state index contributed by atoms with van der Waals surface area (Å²) in [5, 5.41) is 11.0. The zero-order chi connectivity index (χ0) is 17.4. The lowest BCUT2D eigenvalue weighted by Gasteiger charge is -2.30. The summed E-state index contributed by atoms with van der Waals surface area (Å²) in [5.74, 6) is 2.63. The van der Waals surface area contributed by atoms with Crippen molar-refractivity contribution in [1.29, 1.82) is 0 Å². The molecule has 2 rings (SSSR count). The van der Waals surface area contributed by atoms with Crippen LogP contribution in [0, 0.1) is 5.92 Å². The van der Waals surface area contributed by atoms with Crippen molar-refractivity contribution < 1.29 is 4.52 Å². The number of guanidine groups is 1. The normalized spacial score (nSPS) is 19.5. The second-order valence-corrected chi connectivity index (χ2v) is 6.64. The quantitative estimate of drug-likeness (QED) is 0.591. The molecule has 1 aliphatic heterocycles. The number of aliphatic imine (C=N–C) groups is 1. The fraction of sp³-hybridized carbons (Fsp3) is 0.778. The van der Waals surface area contributed by atoms with Crippen LogP contribution in [0.1, 0.15) is 50.6 Å². The maximum Gasteiger partial charge on any atom is 0.191 e. The highest BCUT2D eigenvalue weighted by molar-refractivity contribution is 5.79. The van der Waals surface area contributed by atoms with E-state index in [0.29, 0.717) is 6.54 Å². The van der Waals surface area contributed by atoms with Gasteiger partial charge in [0.1, 0.15) is 5.76 Å². The number of aromatic nitrogens is 1. The molecular weight excluding hydrogens is 302 g/mol. The Bertz CT molecular complexity index is 504. The molecule has 1 fully saturated rings. The molecule has 0 aliphatic carbocycles. The number of likely N-dealkylation sites (tertiary alicyclic amines) is 1. The summed E-state index contributed by atoms with van der Waals surface area (Å²) in [6, 6.07) is 0. The molecule has 0 aromatic carbocycles. The lowest BCUT2D eigenvalue weighted by Crippen LogP contribution is -2.43. The van der Waals surface area contributed by atoms with Crippen LogP contribution in [0.3, 0.4) is 0 Å². The molecule has 24 heavy (non-hydrogen) atoms. The zero-order valence-corrected chi connectivity index (χ0v) is 15.7. The van der Waals surface area contributed by atoms with Gasteiger partial charge >= 0.3 is 0 Å². The van der Waals surface area contributed by atoms with E-state index in [9.17, 15) is 0 Å². The van der Waals surface area contributed by atoms with E-state index in [4.69, 9.17) is 4.52 Å². The summed E-state index contributed by atoms with van der Waals surface area (Å²) in [6.07, 6.45) is 4.44. The molecule has 1 aromatic heterocycles. The average molecular weight is 335 g/mol. The van der Waals surface area contributed by atoms with Crippen molar-refractivity contribution in [3.05, 3.63) is 17.0 Å². The van der Waals surface area contributed by atoms with Crippen LogP contribution in [0.15, 0.2) is 9.52 Å². The number of nitrogens with zero attached hydrogens (tertiary/aromatic N) is 3. The van der Waals surface area contributed by atoms with E-state index in [1.165, 1.54) is 31.5 Å². The summed E-state index contributed by atoms with van der Waals surface area (Å²) in [7, 11) is 1.81. The van der Waals surface area contributed by atoms with Crippen LogP contribution in [0.25, 0.3) is 0 Å². The molecule has 2 heterocycles. The highest BCUT2D eigenvalue weighted by atomic mass is 16.5. The van der Waals surface area contributed by atoms with Crippen molar-refractivity contribution in [2.45, 2.75) is 53.0 Å². The number of piperidine rings is 1. The van der Waals surface area contributed by atoms with Crippen molar-refractivity contribution in [1.82, 2.24) is 20.7 Å². The van der Waals surface area contributed by atoms with E-state index < -0.39 is 0 Å². The summed E-state index contributed by atoms with van der Waals surface area (Å²) >= 11 is 0. The van der Waals surface area contributed by atoms with E-state index in [1.807, 2.05) is 7.05 Å². The summed E-state index contributed by atoms with van der Waals surface area (Å²) in [4.78, 5) is 6.86. The second kappa shape index (κ2) is 9.67. The molecule has 0 bridgehead atoms. The molecule has 1 aliphatic rings. The fourth-order valence-electron chi connectivity index (χ4n) is 3.35. The Morgan fingerprint density at radius 3 is 2.83 bits per heavy atom. The van der Waals surface area contributed by atoms with Crippen LogP contribution in [-0.4, -0.2) is 49.2 Å². The Labute approximate surface area is 146 Å². The Balaban J connectivity index is 1.77. The van der Waals surface area contributed by atoms with E-state index in [1.54, 1.807) is 0 Å². The number of nitrogens with one attached hydrogen (secondary N) is 2. The number of hydrogen-bond acceptors (Lipinski definition) is 4. The van der Waals surface area contributed by atoms with Gasteiger partial charge in [-0.1, -0.05) is 25.9 Å². The van der Waals surface area contributed by atoms with Gasteiger partial charge in [0, 0.05) is 45.2 Å². The van der Waals surface area contributed by atoms with Crippen LogP contribution in [0.2, 0.25) is 0 Å². The van der Waals surface area contributed by atoms with Crippen molar-refractivity contribution in [3.63, 3.8) is 0 Å². The molecule has 1 unspecified atom stereocenters. The number of rotatable bonds is 7. The molecule has 1 saturated heterocycles. The van der Waals surface area contributed by atoms with Crippen LogP contribution >= 0.6 is 0 Å². The van der Waals surface area contributed by atoms with Gasteiger partial charge in [-0.15, -0.1) is 0 Å². The van der Waals surface area contributed by atoms with E-state index in [0.717, 1.165) is 49.3 Å². The number of aryl methyl sites for hydroxylation is 2. The largest absolute Gasteiger partial charge is 0.361 e. The van der Waals surface area contributed by atoms with Crippen molar-refractivity contribution >= 4 is 5.96 Å². The Morgan fingerprint density at radius 1 is 1.33 bits per heavy atom. The first kappa shape index (κ1) is 18.8. The molecule has 1 atom stereocenters. The molecular formula is C18H33N5O. The fourth-order valence-corrected chi connectivity index (χ4v) is 3.35. The third-order valence-electron chi connectivity index (χ3n) is 4.72. The molecule has 0 spiro atoms. The third-order valence-corrected chi connectivity index (χ3v) is 4.72. The number of hydrogen-bond donors (Lipinski definition) is 2. The van der Waals surface area contributed by atoms with Gasteiger partial charge in [0.2, 0.25) is 0 Å². The summed E-state index contributed by atoms with van der Waals surface area (Å²) in [5.41, 5.74) is 2.21. The maximum atomic E-state index is 5.42. The molecule has 1 aromatic rings. The summed E-state index contributed by atoms with van der Waals surface area (Å²) in [6.45, 7) is 11.7. The Hall–Kier alpha value is -1.56. The second-order valence-electron chi connectivity index (χ2n) is 6.64. The van der Waals surface area contributed by atoms with Crippen LogP contribution in [0.5, 0.6) is 0 Å². The van der Waals surface area contributed by atoms with Gasteiger partial charge < -0.3 is 20.1 Å². The van der Waals surface area contributed by atoms with Crippen molar-refractivity contribution in [2.75, 3.05) is 33.2 Å². The lowest BCUT2D eigenvalue weighted by atomic mass is 10.0. The van der Waals surface area contributed by atoms with E-state index in [-0.39, 0.29) is 0 Å². The van der Waals surface area contributed by atoms with Crippen LogP contribution in [0.4, 0.5) is 0 Å². The molecule has 0 saturated carbocycles. The first-order valence-electron chi connectivity index (χ1n) is 9.31. The van der Waals surface area contributed by atoms with Gasteiger partial charge in [-0.25, -0.2) is 0 Å². The van der Waals surface area contributed by atoms with Gasteiger partial charge in [0.25, 0.3) is 0 Å². The summed E-state index contributed by atoms with van der Waals surface area (Å²) < 4.78 is 5.42. The van der Waals surface area contributed by atoms with Gasteiger partial charge in [-0.05, 0) is 31.7 Å². The molecule has 0 amide bonds. The highest BCUT2D eigenvalue weighted by Crippen LogP contribution is 2.16. The minimum atomic E-state index is 0.705. The third kappa shape index (κ3) is 5.23. The predicted octanol–water partition coefficient (Wildman–Crippen LogP) is 2.20. The molecule has 6 heteroatoms. The standard InChI is InChI=1S/C18H33N5O/c1-5-16-15(17(6-2)24-22-16)12-21-18(19-4)20-9-11-23-10-7-8-14(3)13-23/h14H,5-13H2,1-4H3,(H2,19,20,21). The van der Waals surface area contributed by atoms with Gasteiger partial charge in [-0.3, -0.25) is 4.99 Å². The Kier molecular flexibility index (Phi) is 7.56. The monoisotopic (exact) mass is 335 g/mol. The molecule has 6 nitrogen and oxygen atoms in total. The van der Waals surface area contributed by atoms with E-state index in [2.05, 4.69) is 46.5 Å². The highest BCUT2D eigenvalue weighted by Gasteiger charge is 2.16. The van der Waals surface area contributed by atoms with E-state index >= 15 is 0 Å². The molecule has 2 N–H and O–H groups in total. The van der Waals surface area contributed by atoms with Gasteiger partial charge in [-0.2, -0.15) is 0 Å². The lowest BCUT2D eigenvalue weighted by molar-refractivity contribution is 0.187. The van der Waals surface area contributed by atoms with Gasteiger partial charge in [0.05, 0.1) is 5.69 Å². The SMILES string of the molecule is CCc1noc(CC)c1CNC(=NC)NCCN1CCCC(C)C1. The Morgan fingerprint density at radius 2 is 2.17 bits per heavy atom. The maximum absolute atomic E-state index is 5.42. The molecule has 136 valence electrons. The first-order chi connectivity index (χ1) is 11.7. The topological polar surface area (TPSA) is 65.7 Å². The predicted molar refractivity (Wildman–Crippen MR) is 98.3 cm³/mol. The average Bonchev–Trinajstić information content (AvgIpc) is 3.00. The van der Waals surface area contributed by atoms with Crippen molar-refractivity contribution in [2.24, 2.45) is 10.9 Å². The van der Waals surface area contributed by atoms with Crippen LogP contribution < -0.4 is 10.6 Å². The molecule has 0 radical (unpaired) electrons. The minimum absolute atomic E-state index is 0.705. The van der Waals surface area contributed by atoms with Crippen molar-refractivity contribution in [3.8, 4) is 0 Å². The smallest absolute Gasteiger partial charge is 0.191 e. The zero-order valence-electron chi connectivity index (χ0n) is 15.7. The minimum Gasteiger partial charge on any atom is -0.361 e. The first-order valence-corrected chi connectivity index (χ1v) is 9.31. The van der Waals surface area contributed by atoms with Crippen LogP contribution in [-0.2, 0) is 19.4 Å². The van der Waals surface area contributed by atoms with Gasteiger partial charge in [0.15, 0.2) is 5.96 Å².